The Hall–Kier alpha value is -2.15. The number of carbonyl (C=O) groups is 1. The molecule has 0 aliphatic heterocycles. The average Bonchev–Trinajstić information content (AvgIpc) is 2.48. The first-order valence-electron chi connectivity index (χ1n) is 7.03. The Labute approximate surface area is 119 Å². The van der Waals surface area contributed by atoms with Gasteiger partial charge in [0.15, 0.2) is 0 Å². The van der Waals surface area contributed by atoms with E-state index in [1.807, 2.05) is 6.07 Å². The van der Waals surface area contributed by atoms with Crippen LogP contribution in [0.5, 0.6) is 0 Å². The van der Waals surface area contributed by atoms with Crippen molar-refractivity contribution < 1.29 is 4.79 Å². The molecule has 0 saturated heterocycles. The van der Waals surface area contributed by atoms with Gasteiger partial charge in [0.2, 0.25) is 0 Å². The number of nitriles is 1. The molecular weight excluding hydrogens is 250 g/mol. The Bertz CT molecular complexity index is 530. The highest BCUT2D eigenvalue weighted by atomic mass is 16.1. The smallest absolute Gasteiger partial charge is 0.262 e. The quantitative estimate of drug-likeness (QED) is 0.677. The molecule has 0 radical (unpaired) electrons. The maximum absolute atomic E-state index is 12.2. The van der Waals surface area contributed by atoms with E-state index >= 15 is 0 Å². The van der Waals surface area contributed by atoms with Crippen LogP contribution < -0.4 is 5.32 Å². The number of hydrogen-bond donors (Lipinski definition) is 1. The van der Waals surface area contributed by atoms with Gasteiger partial charge in [0.1, 0.15) is 11.6 Å². The number of rotatable bonds is 3. The normalized spacial score (nSPS) is 22.9. The van der Waals surface area contributed by atoms with E-state index in [1.165, 1.54) is 6.42 Å². The fourth-order valence-corrected chi connectivity index (χ4v) is 2.55. The van der Waals surface area contributed by atoms with Crippen LogP contribution in [-0.4, -0.2) is 16.9 Å². The van der Waals surface area contributed by atoms with Gasteiger partial charge in [-0.3, -0.25) is 9.78 Å². The van der Waals surface area contributed by atoms with Crippen LogP contribution in [0.25, 0.3) is 6.08 Å². The lowest BCUT2D eigenvalue weighted by atomic mass is 9.86. The molecular formula is C16H19N3O. The summed E-state index contributed by atoms with van der Waals surface area (Å²) in [5, 5.41) is 12.2. The lowest BCUT2D eigenvalue weighted by molar-refractivity contribution is -0.118. The summed E-state index contributed by atoms with van der Waals surface area (Å²) in [6.45, 7) is 2.16. The molecule has 2 rings (SSSR count). The van der Waals surface area contributed by atoms with E-state index < -0.39 is 0 Å². The Morgan fingerprint density at radius 3 is 2.75 bits per heavy atom. The number of pyridine rings is 1. The van der Waals surface area contributed by atoms with Gasteiger partial charge in [-0.2, -0.15) is 5.26 Å². The molecule has 1 aromatic heterocycles. The van der Waals surface area contributed by atoms with E-state index in [2.05, 4.69) is 17.2 Å². The first kappa shape index (κ1) is 14.3. The van der Waals surface area contributed by atoms with Gasteiger partial charge in [-0.05, 0) is 42.5 Å². The third kappa shape index (κ3) is 3.67. The third-order valence-corrected chi connectivity index (χ3v) is 3.81. The van der Waals surface area contributed by atoms with Gasteiger partial charge in [-0.1, -0.05) is 19.8 Å². The van der Waals surface area contributed by atoms with Crippen molar-refractivity contribution in [1.82, 2.24) is 10.3 Å². The lowest BCUT2D eigenvalue weighted by Crippen LogP contribution is -2.41. The predicted octanol–water partition coefficient (Wildman–Crippen LogP) is 2.68. The summed E-state index contributed by atoms with van der Waals surface area (Å²) in [6, 6.07) is 5.71. The van der Waals surface area contributed by atoms with E-state index in [1.54, 1.807) is 30.6 Å². The van der Waals surface area contributed by atoms with Crippen LogP contribution in [0.15, 0.2) is 30.1 Å². The fourth-order valence-electron chi connectivity index (χ4n) is 2.55. The van der Waals surface area contributed by atoms with Crippen molar-refractivity contribution in [2.24, 2.45) is 5.92 Å². The highest BCUT2D eigenvalue weighted by molar-refractivity contribution is 6.01. The zero-order valence-corrected chi connectivity index (χ0v) is 11.7. The van der Waals surface area contributed by atoms with Crippen molar-refractivity contribution in [1.29, 1.82) is 5.26 Å². The van der Waals surface area contributed by atoms with Crippen LogP contribution in [0.1, 0.15) is 38.2 Å². The maximum Gasteiger partial charge on any atom is 0.262 e. The Morgan fingerprint density at radius 1 is 1.40 bits per heavy atom. The summed E-state index contributed by atoms with van der Waals surface area (Å²) in [4.78, 5) is 16.1. The minimum atomic E-state index is -0.275. The molecule has 0 spiro atoms. The van der Waals surface area contributed by atoms with Gasteiger partial charge in [0.25, 0.3) is 5.91 Å². The van der Waals surface area contributed by atoms with Crippen LogP contribution in [-0.2, 0) is 4.79 Å². The molecule has 1 N–H and O–H groups in total. The summed E-state index contributed by atoms with van der Waals surface area (Å²) in [5.41, 5.74) is 0.956. The van der Waals surface area contributed by atoms with Crippen molar-refractivity contribution >= 4 is 12.0 Å². The van der Waals surface area contributed by atoms with Gasteiger partial charge in [0.05, 0.1) is 0 Å². The highest BCUT2D eigenvalue weighted by Crippen LogP contribution is 2.24. The molecule has 1 fully saturated rings. The van der Waals surface area contributed by atoms with Crippen LogP contribution in [0.4, 0.5) is 0 Å². The molecule has 2 unspecified atom stereocenters. The summed E-state index contributed by atoms with van der Waals surface area (Å²) in [6.07, 6.45) is 9.40. The topological polar surface area (TPSA) is 65.8 Å². The molecule has 0 bridgehead atoms. The molecule has 1 saturated carbocycles. The van der Waals surface area contributed by atoms with Crippen LogP contribution >= 0.6 is 0 Å². The second kappa shape index (κ2) is 6.85. The number of hydrogen-bond acceptors (Lipinski definition) is 3. The Kier molecular flexibility index (Phi) is 4.89. The first-order chi connectivity index (χ1) is 9.70. The molecule has 104 valence electrons. The van der Waals surface area contributed by atoms with Gasteiger partial charge in [-0.15, -0.1) is 0 Å². The van der Waals surface area contributed by atoms with E-state index in [0.717, 1.165) is 24.8 Å². The summed E-state index contributed by atoms with van der Waals surface area (Å²) in [5.74, 6) is 0.205. The largest absolute Gasteiger partial charge is 0.348 e. The zero-order chi connectivity index (χ0) is 14.4. The molecule has 0 aromatic carbocycles. The molecule has 1 aromatic rings. The number of amides is 1. The minimum Gasteiger partial charge on any atom is -0.348 e. The standard InChI is InChI=1S/C16H19N3O/c1-12-4-2-3-5-15(12)19-16(20)14(11-17)10-13-6-8-18-9-7-13/h6-10,12,15H,2-5H2,1H3,(H,19,20)/b14-10+. The van der Waals surface area contributed by atoms with Gasteiger partial charge in [-0.25, -0.2) is 0 Å². The second-order valence-corrected chi connectivity index (χ2v) is 5.29. The van der Waals surface area contributed by atoms with Gasteiger partial charge in [0, 0.05) is 18.4 Å². The molecule has 2 atom stereocenters. The number of carbonyl (C=O) groups excluding carboxylic acids is 1. The summed E-state index contributed by atoms with van der Waals surface area (Å²) >= 11 is 0. The maximum atomic E-state index is 12.2. The van der Waals surface area contributed by atoms with Crippen LogP contribution in [0.3, 0.4) is 0 Å². The average molecular weight is 269 g/mol. The number of nitrogens with one attached hydrogen (secondary N) is 1. The molecule has 4 nitrogen and oxygen atoms in total. The minimum absolute atomic E-state index is 0.147. The van der Waals surface area contributed by atoms with Gasteiger partial charge < -0.3 is 5.32 Å². The molecule has 1 aliphatic rings. The second-order valence-electron chi connectivity index (χ2n) is 5.29. The van der Waals surface area contributed by atoms with E-state index in [-0.39, 0.29) is 17.5 Å². The van der Waals surface area contributed by atoms with Crippen molar-refractivity contribution in [3.05, 3.63) is 35.7 Å². The van der Waals surface area contributed by atoms with Crippen molar-refractivity contribution in [3.63, 3.8) is 0 Å². The van der Waals surface area contributed by atoms with Crippen LogP contribution in [0.2, 0.25) is 0 Å². The Morgan fingerprint density at radius 2 is 2.10 bits per heavy atom. The van der Waals surface area contributed by atoms with E-state index in [9.17, 15) is 4.79 Å². The zero-order valence-electron chi connectivity index (χ0n) is 11.7. The van der Waals surface area contributed by atoms with Crippen LogP contribution in [0, 0.1) is 17.2 Å². The molecule has 20 heavy (non-hydrogen) atoms. The SMILES string of the molecule is CC1CCCCC1NC(=O)/C(C#N)=C/c1ccncc1. The lowest BCUT2D eigenvalue weighted by Gasteiger charge is -2.29. The summed E-state index contributed by atoms with van der Waals surface area (Å²) < 4.78 is 0. The molecule has 4 heteroatoms. The number of aromatic nitrogens is 1. The van der Waals surface area contributed by atoms with Crippen molar-refractivity contribution in [2.45, 2.75) is 38.6 Å². The Balaban J connectivity index is 2.06. The number of nitrogens with zero attached hydrogens (tertiary/aromatic N) is 2. The molecule has 1 aliphatic carbocycles. The predicted molar refractivity (Wildman–Crippen MR) is 77.4 cm³/mol. The van der Waals surface area contributed by atoms with Crippen molar-refractivity contribution in [3.8, 4) is 6.07 Å². The van der Waals surface area contributed by atoms with E-state index in [4.69, 9.17) is 5.26 Å². The molecule has 1 amide bonds. The fraction of sp³-hybridized carbons (Fsp3) is 0.438. The van der Waals surface area contributed by atoms with Gasteiger partial charge >= 0.3 is 0 Å². The highest BCUT2D eigenvalue weighted by Gasteiger charge is 2.23. The summed E-state index contributed by atoms with van der Waals surface area (Å²) in [7, 11) is 0. The van der Waals surface area contributed by atoms with Crippen molar-refractivity contribution in [2.75, 3.05) is 0 Å². The molecule has 1 heterocycles. The third-order valence-electron chi connectivity index (χ3n) is 3.81. The monoisotopic (exact) mass is 269 g/mol. The first-order valence-corrected chi connectivity index (χ1v) is 7.03. The van der Waals surface area contributed by atoms with E-state index in [0.29, 0.717) is 5.92 Å².